The largest absolute Gasteiger partial charge is 0.491 e. The van der Waals surface area contributed by atoms with Crippen molar-refractivity contribution in [3.63, 3.8) is 0 Å². The summed E-state index contributed by atoms with van der Waals surface area (Å²) in [6.07, 6.45) is -0.381. The molecule has 0 aromatic heterocycles. The van der Waals surface area contributed by atoms with Crippen molar-refractivity contribution >= 4 is 23.4 Å². The highest BCUT2D eigenvalue weighted by atomic mass is 19.1. The van der Waals surface area contributed by atoms with Crippen LogP contribution in [0.3, 0.4) is 0 Å². The van der Waals surface area contributed by atoms with Gasteiger partial charge in [-0.15, -0.1) is 0 Å². The lowest BCUT2D eigenvalue weighted by Gasteiger charge is -2.36. The molecule has 0 bridgehead atoms. The second-order valence-electron chi connectivity index (χ2n) is 9.23. The average molecular weight is 516 g/mol. The summed E-state index contributed by atoms with van der Waals surface area (Å²) in [7, 11) is 4.64. The molecule has 2 aromatic rings. The number of methoxy groups -OCH3 is 2. The van der Waals surface area contributed by atoms with E-state index in [2.05, 4.69) is 5.32 Å². The summed E-state index contributed by atoms with van der Waals surface area (Å²) in [5.41, 5.74) is 0.701. The van der Waals surface area contributed by atoms with Crippen molar-refractivity contribution in [2.75, 3.05) is 52.9 Å². The van der Waals surface area contributed by atoms with Crippen LogP contribution in [0.5, 0.6) is 5.75 Å². The maximum atomic E-state index is 14.5. The monoisotopic (exact) mass is 515 g/mol. The molecule has 1 aliphatic heterocycles. The van der Waals surface area contributed by atoms with Gasteiger partial charge in [-0.05, 0) is 31.2 Å². The molecule has 10 heteroatoms. The van der Waals surface area contributed by atoms with Gasteiger partial charge in [0.15, 0.2) is 0 Å². The van der Waals surface area contributed by atoms with E-state index in [0.717, 1.165) is 0 Å². The van der Waals surface area contributed by atoms with Gasteiger partial charge in [-0.1, -0.05) is 19.1 Å². The summed E-state index contributed by atoms with van der Waals surface area (Å²) in [4.78, 5) is 41.9. The number of benzene rings is 2. The Morgan fingerprint density at radius 3 is 2.54 bits per heavy atom. The van der Waals surface area contributed by atoms with Gasteiger partial charge in [0.2, 0.25) is 5.91 Å². The van der Waals surface area contributed by atoms with Crippen molar-refractivity contribution in [3.05, 3.63) is 59.4 Å². The van der Waals surface area contributed by atoms with Crippen LogP contribution in [-0.4, -0.2) is 87.2 Å². The first-order chi connectivity index (χ1) is 17.7. The maximum Gasteiger partial charge on any atom is 0.257 e. The van der Waals surface area contributed by atoms with E-state index in [4.69, 9.17) is 14.2 Å². The van der Waals surface area contributed by atoms with E-state index >= 15 is 0 Å². The number of carbonyl (C=O) groups excluding carboxylic acids is 3. The number of rotatable bonds is 5. The molecule has 3 atom stereocenters. The van der Waals surface area contributed by atoms with Gasteiger partial charge in [0.1, 0.15) is 24.8 Å². The molecule has 3 rings (SSSR count). The molecule has 0 saturated carbocycles. The first-order valence-corrected chi connectivity index (χ1v) is 12.1. The van der Waals surface area contributed by atoms with E-state index in [0.29, 0.717) is 11.3 Å². The number of nitrogens with one attached hydrogen (secondary N) is 1. The third-order valence-electron chi connectivity index (χ3n) is 6.37. The van der Waals surface area contributed by atoms with Gasteiger partial charge in [-0.2, -0.15) is 0 Å². The number of carbonyl (C=O) groups is 3. The zero-order valence-electron chi connectivity index (χ0n) is 21.8. The number of amides is 3. The van der Waals surface area contributed by atoms with Gasteiger partial charge in [0, 0.05) is 52.0 Å². The van der Waals surface area contributed by atoms with E-state index in [1.54, 1.807) is 50.2 Å². The number of hydrogen-bond acceptors (Lipinski definition) is 6. The van der Waals surface area contributed by atoms with Crippen LogP contribution in [0.15, 0.2) is 42.5 Å². The molecule has 0 radical (unpaired) electrons. The number of ether oxygens (including phenoxy) is 3. The van der Waals surface area contributed by atoms with Crippen LogP contribution in [0, 0.1) is 11.7 Å². The zero-order valence-corrected chi connectivity index (χ0v) is 21.8. The van der Waals surface area contributed by atoms with E-state index in [-0.39, 0.29) is 61.5 Å². The molecular weight excluding hydrogens is 481 g/mol. The minimum Gasteiger partial charge on any atom is -0.491 e. The van der Waals surface area contributed by atoms with E-state index in [1.165, 1.54) is 30.2 Å². The number of anilines is 1. The third-order valence-corrected chi connectivity index (χ3v) is 6.37. The van der Waals surface area contributed by atoms with E-state index in [1.807, 2.05) is 6.92 Å². The molecule has 0 spiro atoms. The van der Waals surface area contributed by atoms with Crippen LogP contribution in [0.2, 0.25) is 0 Å². The van der Waals surface area contributed by atoms with E-state index in [9.17, 15) is 18.8 Å². The Kier molecular flexibility index (Phi) is 9.60. The molecular formula is C27H34FN3O6. The highest BCUT2D eigenvalue weighted by molar-refractivity contribution is 5.98. The fourth-order valence-electron chi connectivity index (χ4n) is 4.25. The summed E-state index contributed by atoms with van der Waals surface area (Å²) < 4.78 is 31.1. The van der Waals surface area contributed by atoms with Crippen molar-refractivity contribution < 1.29 is 33.0 Å². The molecule has 200 valence electrons. The standard InChI is InChI=1S/C27H34FN3O6/c1-17-13-31(27(34)20-8-6-7-9-22(20)28)18(2)15-37-23-12-19(29-25(32)16-35-4)10-11-21(23)26(33)30(3)14-24(17)36-5/h6-12,17-18,24H,13-16H2,1-5H3,(H,29,32)/t17-,18-,24-/m1/s1. The molecule has 0 aliphatic carbocycles. The van der Waals surface area contributed by atoms with Crippen LogP contribution >= 0.6 is 0 Å². The van der Waals surface area contributed by atoms with Gasteiger partial charge in [-0.3, -0.25) is 14.4 Å². The smallest absolute Gasteiger partial charge is 0.257 e. The van der Waals surface area contributed by atoms with Crippen LogP contribution < -0.4 is 10.1 Å². The lowest BCUT2D eigenvalue weighted by Crippen LogP contribution is -2.48. The molecule has 1 aliphatic rings. The van der Waals surface area contributed by atoms with Crippen molar-refractivity contribution in [1.82, 2.24) is 9.80 Å². The molecule has 1 heterocycles. The van der Waals surface area contributed by atoms with Gasteiger partial charge in [0.05, 0.1) is 23.3 Å². The molecule has 37 heavy (non-hydrogen) atoms. The number of fused-ring (bicyclic) bond motifs is 1. The minimum absolute atomic E-state index is 0.0292. The van der Waals surface area contributed by atoms with Crippen molar-refractivity contribution in [3.8, 4) is 5.75 Å². The molecule has 0 unspecified atom stereocenters. The Morgan fingerprint density at radius 1 is 1.14 bits per heavy atom. The van der Waals surface area contributed by atoms with Crippen LogP contribution in [0.25, 0.3) is 0 Å². The predicted molar refractivity (Wildman–Crippen MR) is 136 cm³/mol. The summed E-state index contributed by atoms with van der Waals surface area (Å²) in [5.74, 6) is -1.61. The zero-order chi connectivity index (χ0) is 27.1. The lowest BCUT2D eigenvalue weighted by molar-refractivity contribution is -0.119. The van der Waals surface area contributed by atoms with Gasteiger partial charge in [0.25, 0.3) is 11.8 Å². The average Bonchev–Trinajstić information content (AvgIpc) is 2.87. The molecule has 0 fully saturated rings. The molecule has 3 amide bonds. The quantitative estimate of drug-likeness (QED) is 0.658. The Labute approximate surface area is 216 Å². The number of halogens is 1. The topological polar surface area (TPSA) is 97.4 Å². The van der Waals surface area contributed by atoms with Gasteiger partial charge in [-0.25, -0.2) is 4.39 Å². The first-order valence-electron chi connectivity index (χ1n) is 12.1. The van der Waals surface area contributed by atoms with Gasteiger partial charge >= 0.3 is 0 Å². The second kappa shape index (κ2) is 12.6. The second-order valence-corrected chi connectivity index (χ2v) is 9.23. The Hall–Kier alpha value is -3.50. The normalized spacial score (nSPS) is 20.8. The lowest BCUT2D eigenvalue weighted by atomic mass is 10.0. The van der Waals surface area contributed by atoms with Crippen LogP contribution in [0.4, 0.5) is 10.1 Å². The Morgan fingerprint density at radius 2 is 1.86 bits per heavy atom. The summed E-state index contributed by atoms with van der Waals surface area (Å²) >= 11 is 0. The predicted octanol–water partition coefficient (Wildman–Crippen LogP) is 3.06. The Bertz CT molecular complexity index is 1130. The van der Waals surface area contributed by atoms with Crippen molar-refractivity contribution in [2.24, 2.45) is 5.92 Å². The SMILES string of the molecule is COCC(=O)Nc1ccc2c(c1)OC[C@@H](C)N(C(=O)c1ccccc1F)C[C@@H](C)[C@H](OC)CN(C)C2=O. The van der Waals surface area contributed by atoms with Crippen LogP contribution in [0.1, 0.15) is 34.6 Å². The van der Waals surface area contributed by atoms with Crippen LogP contribution in [-0.2, 0) is 14.3 Å². The number of hydrogen-bond donors (Lipinski definition) is 1. The number of nitrogens with zero attached hydrogens (tertiary/aromatic N) is 2. The first kappa shape index (κ1) is 28.1. The van der Waals surface area contributed by atoms with E-state index < -0.39 is 17.8 Å². The molecule has 0 saturated heterocycles. The number of likely N-dealkylation sites (N-methyl/N-ethyl adjacent to an activating group) is 1. The fraction of sp³-hybridized carbons (Fsp3) is 0.444. The summed E-state index contributed by atoms with van der Waals surface area (Å²) in [6, 6.07) is 10.1. The minimum atomic E-state index is -0.602. The van der Waals surface area contributed by atoms with Crippen molar-refractivity contribution in [2.45, 2.75) is 26.0 Å². The fourth-order valence-corrected chi connectivity index (χ4v) is 4.25. The summed E-state index contributed by atoms with van der Waals surface area (Å²) in [5, 5.41) is 2.70. The van der Waals surface area contributed by atoms with Gasteiger partial charge < -0.3 is 29.3 Å². The third kappa shape index (κ3) is 6.84. The molecule has 9 nitrogen and oxygen atoms in total. The van der Waals surface area contributed by atoms with Crippen molar-refractivity contribution in [1.29, 1.82) is 0 Å². The highest BCUT2D eigenvalue weighted by Gasteiger charge is 2.31. The highest BCUT2D eigenvalue weighted by Crippen LogP contribution is 2.27. The maximum absolute atomic E-state index is 14.5. The molecule has 1 N–H and O–H groups in total. The summed E-state index contributed by atoms with van der Waals surface area (Å²) in [6.45, 7) is 4.16. The molecule has 2 aromatic carbocycles. The Balaban J connectivity index is 1.99.